The molecule has 0 unspecified atom stereocenters. The largest absolute Gasteiger partial charge is 0.493 e. The molecule has 0 N–H and O–H groups in total. The third kappa shape index (κ3) is 4.04. The Morgan fingerprint density at radius 2 is 1.95 bits per heavy atom. The smallest absolute Gasteiger partial charge is 0.226 e. The van der Waals surface area contributed by atoms with Gasteiger partial charge in [-0.05, 0) is 29.8 Å². The van der Waals surface area contributed by atoms with Crippen LogP contribution in [0.15, 0.2) is 41.0 Å². The highest BCUT2D eigenvalue weighted by Gasteiger charge is 2.12. The molecule has 22 heavy (non-hydrogen) atoms. The first-order valence-corrected chi connectivity index (χ1v) is 7.11. The fourth-order valence-corrected chi connectivity index (χ4v) is 2.16. The van der Waals surface area contributed by atoms with Crippen LogP contribution in [0.4, 0.5) is 0 Å². The van der Waals surface area contributed by atoms with Gasteiger partial charge in [0.2, 0.25) is 5.91 Å². The molecule has 1 heterocycles. The van der Waals surface area contributed by atoms with Gasteiger partial charge in [0, 0.05) is 20.0 Å². The van der Waals surface area contributed by atoms with Gasteiger partial charge in [0.05, 0.1) is 26.9 Å². The number of likely N-dealkylation sites (N-methyl/N-ethyl adjacent to an activating group) is 1. The lowest BCUT2D eigenvalue weighted by molar-refractivity contribution is -0.129. The number of hydrogen-bond acceptors (Lipinski definition) is 4. The van der Waals surface area contributed by atoms with Gasteiger partial charge in [-0.2, -0.15) is 0 Å². The molecule has 0 aliphatic rings. The maximum atomic E-state index is 12.2. The molecular formula is C17H21NO4. The molecule has 1 aromatic heterocycles. The van der Waals surface area contributed by atoms with E-state index in [1.54, 1.807) is 32.4 Å². The van der Waals surface area contributed by atoms with Crippen LogP contribution >= 0.6 is 0 Å². The lowest BCUT2D eigenvalue weighted by atomic mass is 10.1. The van der Waals surface area contributed by atoms with Crippen LogP contribution < -0.4 is 9.47 Å². The molecule has 0 spiro atoms. The fraction of sp³-hybridized carbons (Fsp3) is 0.353. The minimum Gasteiger partial charge on any atom is -0.493 e. The summed E-state index contributed by atoms with van der Waals surface area (Å²) in [5, 5.41) is 0. The average molecular weight is 303 g/mol. The molecule has 0 aliphatic heterocycles. The van der Waals surface area contributed by atoms with Crippen molar-refractivity contribution in [1.82, 2.24) is 4.90 Å². The Bertz CT molecular complexity index is 607. The van der Waals surface area contributed by atoms with Crippen molar-refractivity contribution in [2.24, 2.45) is 0 Å². The number of furan rings is 1. The zero-order valence-corrected chi connectivity index (χ0v) is 13.2. The number of carbonyl (C=O) groups excluding carboxylic acids is 1. The zero-order chi connectivity index (χ0) is 15.9. The number of amides is 1. The van der Waals surface area contributed by atoms with E-state index >= 15 is 0 Å². The molecule has 0 radical (unpaired) electrons. The fourth-order valence-electron chi connectivity index (χ4n) is 2.16. The van der Waals surface area contributed by atoms with Crippen LogP contribution in [0.3, 0.4) is 0 Å². The highest BCUT2D eigenvalue weighted by Crippen LogP contribution is 2.27. The molecule has 0 bridgehead atoms. The summed E-state index contributed by atoms with van der Waals surface area (Å²) >= 11 is 0. The van der Waals surface area contributed by atoms with E-state index < -0.39 is 0 Å². The maximum absolute atomic E-state index is 12.2. The molecule has 118 valence electrons. The van der Waals surface area contributed by atoms with Gasteiger partial charge in [-0.3, -0.25) is 4.79 Å². The summed E-state index contributed by atoms with van der Waals surface area (Å²) in [5.41, 5.74) is 0.896. The second-order valence-electron chi connectivity index (χ2n) is 5.01. The summed E-state index contributed by atoms with van der Waals surface area (Å²) in [7, 11) is 4.97. The van der Waals surface area contributed by atoms with Crippen molar-refractivity contribution in [3.63, 3.8) is 0 Å². The highest BCUT2D eigenvalue weighted by atomic mass is 16.5. The molecule has 2 rings (SSSR count). The molecule has 5 nitrogen and oxygen atoms in total. The number of rotatable bonds is 7. The van der Waals surface area contributed by atoms with Crippen LogP contribution in [0.1, 0.15) is 11.3 Å². The van der Waals surface area contributed by atoms with Crippen molar-refractivity contribution in [2.75, 3.05) is 27.8 Å². The van der Waals surface area contributed by atoms with Crippen LogP contribution in [0.5, 0.6) is 11.5 Å². The van der Waals surface area contributed by atoms with Gasteiger partial charge in [0.1, 0.15) is 5.76 Å². The van der Waals surface area contributed by atoms with Gasteiger partial charge < -0.3 is 18.8 Å². The first kappa shape index (κ1) is 15.9. The first-order valence-electron chi connectivity index (χ1n) is 7.11. The van der Waals surface area contributed by atoms with E-state index in [0.717, 1.165) is 11.3 Å². The maximum Gasteiger partial charge on any atom is 0.226 e. The van der Waals surface area contributed by atoms with E-state index in [-0.39, 0.29) is 5.91 Å². The van der Waals surface area contributed by atoms with Crippen molar-refractivity contribution in [3.8, 4) is 11.5 Å². The summed E-state index contributed by atoms with van der Waals surface area (Å²) in [4.78, 5) is 14.0. The van der Waals surface area contributed by atoms with Gasteiger partial charge >= 0.3 is 0 Å². The molecule has 0 aliphatic carbocycles. The number of carbonyl (C=O) groups is 1. The second kappa shape index (κ2) is 7.54. The SMILES string of the molecule is COc1ccc(CC(=O)N(C)CCc2ccco2)cc1OC. The van der Waals surface area contributed by atoms with E-state index in [4.69, 9.17) is 13.9 Å². The van der Waals surface area contributed by atoms with Crippen LogP contribution in [-0.2, 0) is 17.6 Å². The Morgan fingerprint density at radius 1 is 1.18 bits per heavy atom. The number of hydrogen-bond donors (Lipinski definition) is 0. The van der Waals surface area contributed by atoms with E-state index in [0.29, 0.717) is 30.9 Å². The molecular weight excluding hydrogens is 282 g/mol. The number of nitrogens with zero attached hydrogens (tertiary/aromatic N) is 1. The minimum absolute atomic E-state index is 0.0544. The summed E-state index contributed by atoms with van der Waals surface area (Å²) < 4.78 is 15.7. The number of methoxy groups -OCH3 is 2. The lowest BCUT2D eigenvalue weighted by Crippen LogP contribution is -2.30. The Hall–Kier alpha value is -2.43. The van der Waals surface area contributed by atoms with Gasteiger partial charge in [-0.25, -0.2) is 0 Å². The Morgan fingerprint density at radius 3 is 2.59 bits per heavy atom. The number of benzene rings is 1. The molecule has 1 aromatic carbocycles. The van der Waals surface area contributed by atoms with Crippen molar-refractivity contribution in [3.05, 3.63) is 47.9 Å². The van der Waals surface area contributed by atoms with Crippen molar-refractivity contribution in [2.45, 2.75) is 12.8 Å². The van der Waals surface area contributed by atoms with E-state index in [9.17, 15) is 4.79 Å². The number of ether oxygens (including phenoxy) is 2. The van der Waals surface area contributed by atoms with Gasteiger partial charge in [-0.15, -0.1) is 0 Å². The normalized spacial score (nSPS) is 10.3. The van der Waals surface area contributed by atoms with Crippen LogP contribution in [0.2, 0.25) is 0 Å². The van der Waals surface area contributed by atoms with Gasteiger partial charge in [0.25, 0.3) is 0 Å². The van der Waals surface area contributed by atoms with Gasteiger partial charge in [-0.1, -0.05) is 6.07 Å². The van der Waals surface area contributed by atoms with Crippen molar-refractivity contribution >= 4 is 5.91 Å². The third-order valence-corrected chi connectivity index (χ3v) is 3.50. The van der Waals surface area contributed by atoms with Crippen LogP contribution in [-0.4, -0.2) is 38.6 Å². The molecule has 0 atom stereocenters. The monoisotopic (exact) mass is 303 g/mol. The summed E-state index contributed by atoms with van der Waals surface area (Å²) in [5.74, 6) is 2.22. The van der Waals surface area contributed by atoms with E-state index in [1.165, 1.54) is 0 Å². The van der Waals surface area contributed by atoms with Gasteiger partial charge in [0.15, 0.2) is 11.5 Å². The summed E-state index contributed by atoms with van der Waals surface area (Å²) in [6, 6.07) is 9.27. The lowest BCUT2D eigenvalue weighted by Gasteiger charge is -2.17. The molecule has 0 fully saturated rings. The van der Waals surface area contributed by atoms with Crippen LogP contribution in [0.25, 0.3) is 0 Å². The molecule has 5 heteroatoms. The summed E-state index contributed by atoms with van der Waals surface area (Å²) in [6.07, 6.45) is 2.68. The quantitative estimate of drug-likeness (QED) is 0.789. The average Bonchev–Trinajstić information content (AvgIpc) is 3.05. The van der Waals surface area contributed by atoms with Crippen molar-refractivity contribution < 1.29 is 18.7 Å². The van der Waals surface area contributed by atoms with Crippen LogP contribution in [0, 0.1) is 0 Å². The third-order valence-electron chi connectivity index (χ3n) is 3.50. The molecule has 0 saturated heterocycles. The van der Waals surface area contributed by atoms with E-state index in [1.807, 2.05) is 30.3 Å². The Kier molecular flexibility index (Phi) is 5.47. The summed E-state index contributed by atoms with van der Waals surface area (Å²) in [6.45, 7) is 0.625. The zero-order valence-electron chi connectivity index (χ0n) is 13.2. The second-order valence-corrected chi connectivity index (χ2v) is 5.01. The standard InChI is InChI=1S/C17H21NO4/c1-18(9-8-14-5-4-10-22-14)17(19)12-13-6-7-15(20-2)16(11-13)21-3/h4-7,10-11H,8-9,12H2,1-3H3. The molecule has 2 aromatic rings. The highest BCUT2D eigenvalue weighted by molar-refractivity contribution is 5.78. The molecule has 1 amide bonds. The Balaban J connectivity index is 1.93. The minimum atomic E-state index is 0.0544. The topological polar surface area (TPSA) is 51.9 Å². The Labute approximate surface area is 130 Å². The first-order chi connectivity index (χ1) is 10.6. The van der Waals surface area contributed by atoms with Crippen molar-refractivity contribution in [1.29, 1.82) is 0 Å². The molecule has 0 saturated carbocycles. The van der Waals surface area contributed by atoms with E-state index in [2.05, 4.69) is 0 Å². The predicted molar refractivity (Wildman–Crippen MR) is 83.3 cm³/mol. The predicted octanol–water partition coefficient (Wildman–Crippen LogP) is 2.54.